The van der Waals surface area contributed by atoms with E-state index < -0.39 is 23.6 Å². The number of urea groups is 1. The van der Waals surface area contributed by atoms with E-state index in [2.05, 4.69) is 35.5 Å². The van der Waals surface area contributed by atoms with Crippen molar-refractivity contribution in [1.29, 1.82) is 0 Å². The van der Waals surface area contributed by atoms with Gasteiger partial charge in [-0.15, -0.1) is 0 Å². The predicted molar refractivity (Wildman–Crippen MR) is 111 cm³/mol. The highest BCUT2D eigenvalue weighted by Crippen LogP contribution is 2.59. The largest absolute Gasteiger partial charge is 0.419 e. The summed E-state index contributed by atoms with van der Waals surface area (Å²) >= 11 is 0. The van der Waals surface area contributed by atoms with E-state index in [-0.39, 0.29) is 11.7 Å². The van der Waals surface area contributed by atoms with Crippen molar-refractivity contribution >= 4 is 11.7 Å². The van der Waals surface area contributed by atoms with Crippen molar-refractivity contribution in [2.75, 3.05) is 25.0 Å². The second kappa shape index (κ2) is 8.11. The molecule has 31 heavy (non-hydrogen) atoms. The minimum absolute atomic E-state index is 0.0383. The van der Waals surface area contributed by atoms with Crippen LogP contribution in [0.2, 0.25) is 0 Å². The summed E-state index contributed by atoms with van der Waals surface area (Å²) in [7, 11) is 0. The van der Waals surface area contributed by atoms with Gasteiger partial charge >= 0.3 is 12.2 Å². The zero-order valence-electron chi connectivity index (χ0n) is 17.9. The van der Waals surface area contributed by atoms with Crippen molar-refractivity contribution < 1.29 is 22.4 Å². The molecule has 4 nitrogen and oxygen atoms in total. The lowest BCUT2D eigenvalue weighted by molar-refractivity contribution is -0.139. The lowest BCUT2D eigenvalue weighted by atomic mass is 9.49. The summed E-state index contributed by atoms with van der Waals surface area (Å²) in [6.45, 7) is 7.45. The number of anilines is 1. The Morgan fingerprint density at radius 2 is 1.94 bits per heavy atom. The standard InChI is InChI=1S/C23H29F4N3O/c1-22(2)15-4-3-14(18(22)11-15)13-30-9-7-16(8-10-30)28-21(31)29-17-5-6-20(24)19(12-17)23(25,26)27/h3,5-6,12,15-16,18H,4,7-11,13H2,1-2H3,(H2,28,29,31)/t15-,18-/m0/s1. The number of rotatable bonds is 4. The molecule has 1 aromatic carbocycles. The highest BCUT2D eigenvalue weighted by Gasteiger charge is 2.51. The SMILES string of the molecule is CC1(C)[C@H]2CC=C(CN3CCC(NC(=O)Nc4ccc(F)c(C(F)(F)F)c4)CC3)[C@@H]1C2. The number of likely N-dealkylation sites (tertiary alicyclic amines) is 1. The van der Waals surface area contributed by atoms with Crippen LogP contribution >= 0.6 is 0 Å². The molecule has 0 aromatic heterocycles. The van der Waals surface area contributed by atoms with Crippen LogP contribution in [0.1, 0.15) is 45.1 Å². The van der Waals surface area contributed by atoms with Gasteiger partial charge < -0.3 is 10.6 Å². The molecule has 0 unspecified atom stereocenters. The van der Waals surface area contributed by atoms with Crippen LogP contribution in [0.5, 0.6) is 0 Å². The van der Waals surface area contributed by atoms with E-state index in [4.69, 9.17) is 0 Å². The molecule has 4 aliphatic rings. The van der Waals surface area contributed by atoms with Crippen LogP contribution in [0.15, 0.2) is 29.8 Å². The number of carbonyl (C=O) groups excluding carboxylic acids is 1. The summed E-state index contributed by atoms with van der Waals surface area (Å²) in [6.07, 6.45) is 1.66. The van der Waals surface area contributed by atoms with Crippen molar-refractivity contribution in [3.63, 3.8) is 0 Å². The molecule has 0 spiro atoms. The molecule has 0 radical (unpaired) electrons. The van der Waals surface area contributed by atoms with Crippen molar-refractivity contribution in [3.05, 3.63) is 41.2 Å². The molecule has 1 aromatic rings. The number of amides is 2. The maximum absolute atomic E-state index is 13.4. The molecule has 3 aliphatic carbocycles. The Morgan fingerprint density at radius 1 is 1.23 bits per heavy atom. The van der Waals surface area contributed by atoms with Crippen molar-refractivity contribution in [2.45, 2.75) is 51.7 Å². The average molecular weight is 439 g/mol. The molecule has 170 valence electrons. The monoisotopic (exact) mass is 439 g/mol. The van der Waals surface area contributed by atoms with Crippen LogP contribution < -0.4 is 10.6 Å². The van der Waals surface area contributed by atoms with Gasteiger partial charge in [0.25, 0.3) is 0 Å². The molecule has 2 amide bonds. The van der Waals surface area contributed by atoms with Gasteiger partial charge in [-0.3, -0.25) is 4.90 Å². The Labute approximate surface area is 180 Å². The zero-order valence-corrected chi connectivity index (χ0v) is 17.9. The molecule has 1 saturated carbocycles. The molecule has 5 rings (SSSR count). The van der Waals surface area contributed by atoms with E-state index in [9.17, 15) is 22.4 Å². The molecule has 1 heterocycles. The molecular weight excluding hydrogens is 410 g/mol. The first-order chi connectivity index (χ1) is 14.5. The van der Waals surface area contributed by atoms with Gasteiger partial charge in [0.1, 0.15) is 5.82 Å². The maximum Gasteiger partial charge on any atom is 0.419 e. The van der Waals surface area contributed by atoms with Gasteiger partial charge in [-0.05, 0) is 61.1 Å². The fourth-order valence-corrected chi connectivity index (χ4v) is 5.32. The average Bonchev–Trinajstić information content (AvgIpc) is 2.70. The topological polar surface area (TPSA) is 44.4 Å². The van der Waals surface area contributed by atoms with Crippen LogP contribution in [0, 0.1) is 23.1 Å². The molecule has 1 aliphatic heterocycles. The molecule has 2 atom stereocenters. The third kappa shape index (κ3) is 4.59. The first-order valence-electron chi connectivity index (χ1n) is 10.9. The number of fused-ring (bicyclic) bond motifs is 1. The maximum atomic E-state index is 13.4. The van der Waals surface area contributed by atoms with Crippen molar-refractivity contribution in [2.24, 2.45) is 17.3 Å². The number of benzene rings is 1. The Kier molecular flexibility index (Phi) is 5.79. The Bertz CT molecular complexity index is 872. The van der Waals surface area contributed by atoms with Gasteiger partial charge in [0, 0.05) is 31.4 Å². The smallest absolute Gasteiger partial charge is 0.335 e. The first kappa shape index (κ1) is 22.1. The Balaban J connectivity index is 1.25. The number of carbonyl (C=O) groups is 1. The summed E-state index contributed by atoms with van der Waals surface area (Å²) in [5.41, 5.74) is 0.480. The number of nitrogens with one attached hydrogen (secondary N) is 2. The fourth-order valence-electron chi connectivity index (χ4n) is 5.32. The van der Waals surface area contributed by atoms with Crippen molar-refractivity contribution in [1.82, 2.24) is 10.2 Å². The summed E-state index contributed by atoms with van der Waals surface area (Å²) in [5.74, 6) is 0.146. The highest BCUT2D eigenvalue weighted by molar-refractivity contribution is 5.89. The Hall–Kier alpha value is -2.09. The van der Waals surface area contributed by atoms with Gasteiger partial charge in [0.05, 0.1) is 5.56 Å². The summed E-state index contributed by atoms with van der Waals surface area (Å²) in [5, 5.41) is 5.21. The molecule has 2 fully saturated rings. The summed E-state index contributed by atoms with van der Waals surface area (Å²) in [4.78, 5) is 14.6. The highest BCUT2D eigenvalue weighted by atomic mass is 19.4. The van der Waals surface area contributed by atoms with Gasteiger partial charge in [-0.25, -0.2) is 9.18 Å². The minimum atomic E-state index is -4.81. The van der Waals surface area contributed by atoms with Crippen LogP contribution in [0.4, 0.5) is 28.0 Å². The van der Waals surface area contributed by atoms with E-state index in [1.807, 2.05) is 0 Å². The van der Waals surface area contributed by atoms with Crippen LogP contribution in [0.3, 0.4) is 0 Å². The summed E-state index contributed by atoms with van der Waals surface area (Å²) in [6, 6.07) is 1.83. The van der Waals surface area contributed by atoms with E-state index in [1.54, 1.807) is 5.57 Å². The Morgan fingerprint density at radius 3 is 2.55 bits per heavy atom. The number of hydrogen-bond acceptors (Lipinski definition) is 2. The van der Waals surface area contributed by atoms with Gasteiger partial charge in [-0.1, -0.05) is 25.5 Å². The third-order valence-electron chi connectivity index (χ3n) is 7.44. The van der Waals surface area contributed by atoms with E-state index in [1.165, 1.54) is 12.8 Å². The molecule has 1 saturated heterocycles. The van der Waals surface area contributed by atoms with Crippen LogP contribution in [-0.2, 0) is 6.18 Å². The lowest BCUT2D eigenvalue weighted by Gasteiger charge is -2.57. The quantitative estimate of drug-likeness (QED) is 0.486. The zero-order chi connectivity index (χ0) is 22.4. The lowest BCUT2D eigenvalue weighted by Crippen LogP contribution is -2.51. The van der Waals surface area contributed by atoms with Crippen LogP contribution in [0.25, 0.3) is 0 Å². The number of allylic oxidation sites excluding steroid dienone is 1. The number of halogens is 4. The normalized spacial score (nSPS) is 26.1. The number of hydrogen-bond donors (Lipinski definition) is 2. The molecular formula is C23H29F4N3O. The number of nitrogens with zero attached hydrogens (tertiary/aromatic N) is 1. The van der Waals surface area contributed by atoms with Gasteiger partial charge in [-0.2, -0.15) is 13.2 Å². The second-order valence-corrected chi connectivity index (χ2v) is 9.66. The third-order valence-corrected chi connectivity index (χ3v) is 7.44. The van der Waals surface area contributed by atoms with Crippen LogP contribution in [-0.4, -0.2) is 36.6 Å². The summed E-state index contributed by atoms with van der Waals surface area (Å²) < 4.78 is 51.9. The predicted octanol–water partition coefficient (Wildman–Crippen LogP) is 5.42. The van der Waals surface area contributed by atoms with Gasteiger partial charge in [0.2, 0.25) is 0 Å². The molecule has 8 heteroatoms. The van der Waals surface area contributed by atoms with E-state index in [0.29, 0.717) is 23.5 Å². The molecule has 2 bridgehead atoms. The fraction of sp³-hybridized carbons (Fsp3) is 0.609. The second-order valence-electron chi connectivity index (χ2n) is 9.66. The number of alkyl halides is 3. The van der Waals surface area contributed by atoms with Gasteiger partial charge in [0.15, 0.2) is 0 Å². The number of piperidine rings is 1. The van der Waals surface area contributed by atoms with Crippen molar-refractivity contribution in [3.8, 4) is 0 Å². The van der Waals surface area contributed by atoms with E-state index >= 15 is 0 Å². The van der Waals surface area contributed by atoms with E-state index in [0.717, 1.165) is 44.5 Å². The molecule has 2 N–H and O–H groups in total. The minimum Gasteiger partial charge on any atom is -0.335 e. The first-order valence-corrected chi connectivity index (χ1v) is 10.9.